The van der Waals surface area contributed by atoms with E-state index in [1.165, 1.54) is 0 Å². The molecule has 0 spiro atoms. The number of benzene rings is 2. The Balaban J connectivity index is 1.96. The summed E-state index contributed by atoms with van der Waals surface area (Å²) in [5.41, 5.74) is 0.947. The van der Waals surface area contributed by atoms with Crippen molar-refractivity contribution in [2.45, 2.75) is 11.7 Å². The van der Waals surface area contributed by atoms with Crippen LogP contribution in [0, 0.1) is 0 Å². The molecule has 2 aromatic carbocycles. The van der Waals surface area contributed by atoms with Gasteiger partial charge in [-0.1, -0.05) is 53.0 Å². The topological polar surface area (TPSA) is 32.8 Å². The van der Waals surface area contributed by atoms with Crippen LogP contribution in [0.25, 0.3) is 0 Å². The molecule has 20 heavy (non-hydrogen) atoms. The van der Waals surface area contributed by atoms with Crippen LogP contribution < -0.4 is 0 Å². The van der Waals surface area contributed by atoms with Crippen LogP contribution >= 0.6 is 34.8 Å². The van der Waals surface area contributed by atoms with Crippen molar-refractivity contribution in [1.29, 1.82) is 0 Å². The number of halogens is 3. The van der Waals surface area contributed by atoms with Gasteiger partial charge in [-0.15, -0.1) is 0 Å². The molecule has 5 heteroatoms. The Morgan fingerprint density at radius 3 is 2.25 bits per heavy atom. The number of aliphatic hydroxyl groups excluding tert-OH is 1. The van der Waals surface area contributed by atoms with Gasteiger partial charge in [-0.3, -0.25) is 0 Å². The SMILES string of the molecule is OCC1(c2ccc(Cl)cc2)OC1c1ccc(Cl)cc1Cl. The molecule has 1 N–H and O–H groups in total. The van der Waals surface area contributed by atoms with Gasteiger partial charge in [-0.05, 0) is 29.8 Å². The van der Waals surface area contributed by atoms with Crippen LogP contribution in [0.1, 0.15) is 17.2 Å². The predicted octanol–water partition coefficient (Wildman–Crippen LogP) is 4.61. The minimum atomic E-state index is -0.748. The first-order chi connectivity index (χ1) is 9.56. The Labute approximate surface area is 131 Å². The molecule has 0 aromatic heterocycles. The maximum atomic E-state index is 9.73. The van der Waals surface area contributed by atoms with Crippen LogP contribution in [0.3, 0.4) is 0 Å². The number of aliphatic hydroxyl groups is 1. The quantitative estimate of drug-likeness (QED) is 0.834. The predicted molar refractivity (Wildman–Crippen MR) is 80.5 cm³/mol. The van der Waals surface area contributed by atoms with Crippen molar-refractivity contribution in [3.63, 3.8) is 0 Å². The van der Waals surface area contributed by atoms with Crippen molar-refractivity contribution < 1.29 is 9.84 Å². The minimum absolute atomic E-state index is 0.127. The largest absolute Gasteiger partial charge is 0.393 e. The fraction of sp³-hybridized carbons (Fsp3) is 0.200. The van der Waals surface area contributed by atoms with Gasteiger partial charge in [-0.25, -0.2) is 0 Å². The number of hydrogen-bond donors (Lipinski definition) is 1. The zero-order valence-electron chi connectivity index (χ0n) is 10.3. The van der Waals surface area contributed by atoms with E-state index in [1.807, 2.05) is 18.2 Å². The van der Waals surface area contributed by atoms with E-state index in [2.05, 4.69) is 0 Å². The van der Waals surface area contributed by atoms with E-state index in [9.17, 15) is 5.11 Å². The molecular weight excluding hydrogens is 319 g/mol. The second kappa shape index (κ2) is 5.21. The molecule has 1 saturated heterocycles. The van der Waals surface area contributed by atoms with Crippen LogP contribution in [0.4, 0.5) is 0 Å². The van der Waals surface area contributed by atoms with Gasteiger partial charge >= 0.3 is 0 Å². The first kappa shape index (κ1) is 14.2. The normalized spacial score (nSPS) is 24.7. The van der Waals surface area contributed by atoms with E-state index in [0.29, 0.717) is 15.1 Å². The highest BCUT2D eigenvalue weighted by Crippen LogP contribution is 2.58. The summed E-state index contributed by atoms with van der Waals surface area (Å²) in [6.07, 6.45) is -0.279. The molecule has 0 amide bonds. The minimum Gasteiger partial charge on any atom is -0.393 e. The summed E-state index contributed by atoms with van der Waals surface area (Å²) in [5.74, 6) is 0. The summed E-state index contributed by atoms with van der Waals surface area (Å²) in [6, 6.07) is 12.5. The van der Waals surface area contributed by atoms with Gasteiger partial charge in [0.15, 0.2) is 0 Å². The fourth-order valence-corrected chi connectivity index (χ4v) is 3.00. The molecule has 3 rings (SSSR count). The number of ether oxygens (including phenoxy) is 1. The van der Waals surface area contributed by atoms with E-state index in [-0.39, 0.29) is 12.7 Å². The van der Waals surface area contributed by atoms with Crippen LogP contribution in [-0.2, 0) is 10.3 Å². The van der Waals surface area contributed by atoms with Gasteiger partial charge in [-0.2, -0.15) is 0 Å². The molecule has 1 aliphatic heterocycles. The summed E-state index contributed by atoms with van der Waals surface area (Å²) in [6.45, 7) is -0.127. The van der Waals surface area contributed by atoms with E-state index in [1.54, 1.807) is 24.3 Å². The molecule has 0 aliphatic carbocycles. The van der Waals surface area contributed by atoms with Gasteiger partial charge in [0.2, 0.25) is 0 Å². The average Bonchev–Trinajstić information content (AvgIpc) is 3.15. The van der Waals surface area contributed by atoms with Crippen molar-refractivity contribution in [2.24, 2.45) is 0 Å². The monoisotopic (exact) mass is 328 g/mol. The third-order valence-electron chi connectivity index (χ3n) is 3.51. The van der Waals surface area contributed by atoms with E-state index < -0.39 is 5.60 Å². The third kappa shape index (κ3) is 2.32. The lowest BCUT2D eigenvalue weighted by Crippen LogP contribution is -2.15. The molecule has 104 valence electrons. The molecular formula is C15H11Cl3O2. The lowest BCUT2D eigenvalue weighted by atomic mass is 9.92. The average molecular weight is 330 g/mol. The summed E-state index contributed by atoms with van der Waals surface area (Å²) in [7, 11) is 0. The Morgan fingerprint density at radius 1 is 1.00 bits per heavy atom. The lowest BCUT2D eigenvalue weighted by molar-refractivity contribution is 0.172. The molecule has 0 bridgehead atoms. The summed E-state index contributed by atoms with van der Waals surface area (Å²) in [4.78, 5) is 0. The fourth-order valence-electron chi connectivity index (χ4n) is 2.37. The molecule has 2 nitrogen and oxygen atoms in total. The highest BCUT2D eigenvalue weighted by Gasteiger charge is 2.58. The van der Waals surface area contributed by atoms with Crippen LogP contribution in [0.5, 0.6) is 0 Å². The molecule has 1 aliphatic rings. The standard InChI is InChI=1S/C15H11Cl3O2/c16-10-3-1-9(2-4-10)15(8-19)14(20-15)12-6-5-11(17)7-13(12)18/h1-7,14,19H,8H2. The zero-order valence-corrected chi connectivity index (χ0v) is 12.6. The summed E-state index contributed by atoms with van der Waals surface area (Å²) < 4.78 is 5.77. The zero-order chi connectivity index (χ0) is 14.3. The first-order valence-corrected chi connectivity index (χ1v) is 7.20. The number of epoxide rings is 1. The Morgan fingerprint density at radius 2 is 1.65 bits per heavy atom. The van der Waals surface area contributed by atoms with Crippen molar-refractivity contribution in [3.8, 4) is 0 Å². The van der Waals surface area contributed by atoms with Crippen molar-refractivity contribution in [1.82, 2.24) is 0 Å². The van der Waals surface area contributed by atoms with Crippen LogP contribution in [0.2, 0.25) is 15.1 Å². The lowest BCUT2D eigenvalue weighted by Gasteiger charge is -2.11. The summed E-state index contributed by atoms with van der Waals surface area (Å²) in [5, 5.41) is 11.5. The van der Waals surface area contributed by atoms with Crippen LogP contribution in [0.15, 0.2) is 42.5 Å². The Bertz CT molecular complexity index is 642. The van der Waals surface area contributed by atoms with Crippen molar-refractivity contribution >= 4 is 34.8 Å². The molecule has 0 radical (unpaired) electrons. The highest BCUT2D eigenvalue weighted by molar-refractivity contribution is 6.35. The molecule has 1 heterocycles. The number of rotatable bonds is 3. The first-order valence-electron chi connectivity index (χ1n) is 6.06. The molecule has 1 fully saturated rings. The maximum absolute atomic E-state index is 9.73. The van der Waals surface area contributed by atoms with Gasteiger partial charge in [0, 0.05) is 20.6 Å². The Hall–Kier alpha value is -0.770. The van der Waals surface area contributed by atoms with E-state index >= 15 is 0 Å². The van der Waals surface area contributed by atoms with Gasteiger partial charge in [0.1, 0.15) is 11.7 Å². The van der Waals surface area contributed by atoms with Crippen molar-refractivity contribution in [3.05, 3.63) is 68.7 Å². The van der Waals surface area contributed by atoms with E-state index in [4.69, 9.17) is 39.5 Å². The smallest absolute Gasteiger partial charge is 0.147 e. The second-order valence-corrected chi connectivity index (χ2v) is 6.00. The molecule has 2 aromatic rings. The van der Waals surface area contributed by atoms with Gasteiger partial charge in [0.05, 0.1) is 6.61 Å². The number of hydrogen-bond acceptors (Lipinski definition) is 2. The highest BCUT2D eigenvalue weighted by atomic mass is 35.5. The molecule has 0 saturated carbocycles. The van der Waals surface area contributed by atoms with E-state index in [0.717, 1.165) is 11.1 Å². The summed E-state index contributed by atoms with van der Waals surface area (Å²) >= 11 is 18.0. The third-order valence-corrected chi connectivity index (χ3v) is 4.32. The molecule has 2 atom stereocenters. The maximum Gasteiger partial charge on any atom is 0.147 e. The van der Waals surface area contributed by atoms with Crippen LogP contribution in [-0.4, -0.2) is 11.7 Å². The second-order valence-electron chi connectivity index (χ2n) is 4.72. The molecule has 2 unspecified atom stereocenters. The Kier molecular flexibility index (Phi) is 3.69. The van der Waals surface area contributed by atoms with Gasteiger partial charge < -0.3 is 9.84 Å². The van der Waals surface area contributed by atoms with Crippen molar-refractivity contribution in [2.75, 3.05) is 6.61 Å². The van der Waals surface area contributed by atoms with Gasteiger partial charge in [0.25, 0.3) is 0 Å².